The normalized spacial score (nSPS) is 19.5. The maximum atomic E-state index is 13.7. The third-order valence-electron chi connectivity index (χ3n) is 6.48. The number of allylic oxidation sites excluding steroid dienone is 1. The summed E-state index contributed by atoms with van der Waals surface area (Å²) in [5.41, 5.74) is 5.26. The van der Waals surface area contributed by atoms with E-state index in [0.717, 1.165) is 40.3 Å². The SMILES string of the molecule is CC(C)CC(=O)N1c2ccccc2NC2=C(C(=O)CC(C)(C)C2)[C@@H]1c1ccc(N(C)C)cc1. The number of nitrogens with one attached hydrogen (secondary N) is 1. The quantitative estimate of drug-likeness (QED) is 0.633. The summed E-state index contributed by atoms with van der Waals surface area (Å²) in [6.45, 7) is 8.38. The summed E-state index contributed by atoms with van der Waals surface area (Å²) >= 11 is 0. The van der Waals surface area contributed by atoms with Crippen molar-refractivity contribution in [1.29, 1.82) is 0 Å². The number of anilines is 3. The Morgan fingerprint density at radius 1 is 1.09 bits per heavy atom. The van der Waals surface area contributed by atoms with Gasteiger partial charge in [0.2, 0.25) is 5.91 Å². The van der Waals surface area contributed by atoms with Crippen LogP contribution in [0.25, 0.3) is 0 Å². The molecule has 2 aromatic rings. The highest BCUT2D eigenvalue weighted by molar-refractivity contribution is 6.06. The first-order chi connectivity index (χ1) is 15.6. The summed E-state index contributed by atoms with van der Waals surface area (Å²) < 4.78 is 0. The second-order valence-electron chi connectivity index (χ2n) is 10.7. The fraction of sp³-hybridized carbons (Fsp3) is 0.429. The van der Waals surface area contributed by atoms with E-state index in [4.69, 9.17) is 0 Å². The molecule has 0 spiro atoms. The van der Waals surface area contributed by atoms with Crippen LogP contribution in [0.4, 0.5) is 17.1 Å². The van der Waals surface area contributed by atoms with E-state index >= 15 is 0 Å². The number of fused-ring (bicyclic) bond motifs is 1. The van der Waals surface area contributed by atoms with E-state index < -0.39 is 6.04 Å². The molecular formula is C28H35N3O2. The van der Waals surface area contributed by atoms with Crippen LogP contribution in [0.5, 0.6) is 0 Å². The molecule has 0 unspecified atom stereocenters. The van der Waals surface area contributed by atoms with Gasteiger partial charge in [-0.15, -0.1) is 0 Å². The fourth-order valence-electron chi connectivity index (χ4n) is 4.98. The zero-order chi connectivity index (χ0) is 23.9. The number of hydrogen-bond donors (Lipinski definition) is 1. The minimum Gasteiger partial charge on any atom is -0.378 e. The van der Waals surface area contributed by atoms with Gasteiger partial charge in [-0.2, -0.15) is 0 Å². The number of amides is 1. The number of carbonyl (C=O) groups excluding carboxylic acids is 2. The molecule has 1 amide bonds. The molecule has 2 aliphatic rings. The number of rotatable bonds is 4. The molecule has 1 N–H and O–H groups in total. The largest absolute Gasteiger partial charge is 0.378 e. The first-order valence-electron chi connectivity index (χ1n) is 11.8. The molecule has 0 aromatic heterocycles. The Balaban J connectivity index is 1.96. The maximum absolute atomic E-state index is 13.7. The summed E-state index contributed by atoms with van der Waals surface area (Å²) in [6.07, 6.45) is 1.66. The summed E-state index contributed by atoms with van der Waals surface area (Å²) in [4.78, 5) is 31.3. The van der Waals surface area contributed by atoms with Crippen LogP contribution in [0.3, 0.4) is 0 Å². The van der Waals surface area contributed by atoms with Gasteiger partial charge in [0.25, 0.3) is 0 Å². The van der Waals surface area contributed by atoms with Gasteiger partial charge < -0.3 is 10.2 Å². The third-order valence-corrected chi connectivity index (χ3v) is 6.48. The van der Waals surface area contributed by atoms with Crippen LogP contribution in [-0.2, 0) is 9.59 Å². The van der Waals surface area contributed by atoms with Crippen molar-refractivity contribution in [2.45, 2.75) is 53.0 Å². The fourth-order valence-corrected chi connectivity index (χ4v) is 4.98. The number of carbonyl (C=O) groups is 2. The van der Waals surface area contributed by atoms with Gasteiger partial charge in [-0.3, -0.25) is 14.5 Å². The zero-order valence-corrected chi connectivity index (χ0v) is 20.6. The number of Topliss-reactive ketones (excluding diaryl/α,β-unsaturated/α-hetero) is 1. The molecule has 1 aliphatic carbocycles. The van der Waals surface area contributed by atoms with Crippen LogP contribution < -0.4 is 15.1 Å². The van der Waals surface area contributed by atoms with E-state index in [1.54, 1.807) is 0 Å². The number of para-hydroxylation sites is 2. The minimum absolute atomic E-state index is 0.0346. The second kappa shape index (κ2) is 8.69. The average molecular weight is 446 g/mol. The molecule has 0 saturated carbocycles. The van der Waals surface area contributed by atoms with E-state index in [1.807, 2.05) is 48.2 Å². The lowest BCUT2D eigenvalue weighted by Crippen LogP contribution is -2.40. The van der Waals surface area contributed by atoms with Gasteiger partial charge in [0, 0.05) is 43.9 Å². The third kappa shape index (κ3) is 4.54. The highest BCUT2D eigenvalue weighted by atomic mass is 16.2. The van der Waals surface area contributed by atoms with Gasteiger partial charge in [-0.1, -0.05) is 52.0 Å². The van der Waals surface area contributed by atoms with Crippen molar-refractivity contribution >= 4 is 28.8 Å². The lowest BCUT2D eigenvalue weighted by molar-refractivity contribution is -0.120. The van der Waals surface area contributed by atoms with Crippen molar-refractivity contribution in [3.63, 3.8) is 0 Å². The molecule has 2 aromatic carbocycles. The van der Waals surface area contributed by atoms with E-state index in [2.05, 4.69) is 57.3 Å². The van der Waals surface area contributed by atoms with E-state index in [0.29, 0.717) is 12.8 Å². The Bertz CT molecular complexity index is 1100. The van der Waals surface area contributed by atoms with Gasteiger partial charge >= 0.3 is 0 Å². The second-order valence-corrected chi connectivity index (χ2v) is 10.7. The van der Waals surface area contributed by atoms with Crippen LogP contribution in [0, 0.1) is 11.3 Å². The Morgan fingerprint density at radius 3 is 2.39 bits per heavy atom. The standard InChI is InChI=1S/C28H35N3O2/c1-18(2)15-25(33)31-23-10-8-7-9-21(23)29-22-16-28(3,4)17-24(32)26(22)27(31)19-11-13-20(14-12-19)30(5)6/h7-14,18,27,29H,15-17H2,1-6H3/t27-/m0/s1. The molecule has 0 saturated heterocycles. The van der Waals surface area contributed by atoms with Crippen molar-refractivity contribution < 1.29 is 9.59 Å². The first-order valence-corrected chi connectivity index (χ1v) is 11.8. The molecule has 1 aliphatic heterocycles. The van der Waals surface area contributed by atoms with Crippen molar-refractivity contribution in [3.8, 4) is 0 Å². The Labute approximate surface area is 197 Å². The van der Waals surface area contributed by atoms with Gasteiger partial charge in [-0.05, 0) is 47.6 Å². The van der Waals surface area contributed by atoms with Crippen molar-refractivity contribution in [3.05, 3.63) is 65.4 Å². The lowest BCUT2D eigenvalue weighted by atomic mass is 9.73. The number of nitrogens with zero attached hydrogens (tertiary/aromatic N) is 2. The van der Waals surface area contributed by atoms with Crippen LogP contribution >= 0.6 is 0 Å². The van der Waals surface area contributed by atoms with Crippen molar-refractivity contribution in [1.82, 2.24) is 0 Å². The molecule has 174 valence electrons. The molecule has 1 heterocycles. The van der Waals surface area contributed by atoms with Crippen molar-refractivity contribution in [2.24, 2.45) is 11.3 Å². The Kier molecular flexibility index (Phi) is 6.08. The molecule has 5 heteroatoms. The average Bonchev–Trinajstić information content (AvgIpc) is 2.86. The van der Waals surface area contributed by atoms with Crippen molar-refractivity contribution in [2.75, 3.05) is 29.2 Å². The van der Waals surface area contributed by atoms with Crippen LogP contribution in [0.15, 0.2) is 59.8 Å². The molecule has 1 atom stereocenters. The predicted octanol–water partition coefficient (Wildman–Crippen LogP) is 5.94. The van der Waals surface area contributed by atoms with Crippen LogP contribution in [0.1, 0.15) is 58.6 Å². The molecule has 0 radical (unpaired) electrons. The molecule has 0 bridgehead atoms. The van der Waals surface area contributed by atoms with Gasteiger partial charge in [0.1, 0.15) is 0 Å². The maximum Gasteiger partial charge on any atom is 0.228 e. The molecule has 33 heavy (non-hydrogen) atoms. The van der Waals surface area contributed by atoms with Crippen LogP contribution in [-0.4, -0.2) is 25.8 Å². The monoisotopic (exact) mass is 445 g/mol. The Morgan fingerprint density at radius 2 is 1.76 bits per heavy atom. The number of hydrogen-bond acceptors (Lipinski definition) is 4. The smallest absolute Gasteiger partial charge is 0.228 e. The van der Waals surface area contributed by atoms with E-state index in [1.165, 1.54) is 0 Å². The minimum atomic E-state index is -0.456. The summed E-state index contributed by atoms with van der Waals surface area (Å²) in [5, 5.41) is 3.57. The highest BCUT2D eigenvalue weighted by Crippen LogP contribution is 2.48. The van der Waals surface area contributed by atoms with Gasteiger partial charge in [0.15, 0.2) is 5.78 Å². The summed E-state index contributed by atoms with van der Waals surface area (Å²) in [6, 6.07) is 15.7. The van der Waals surface area contributed by atoms with E-state index in [9.17, 15) is 9.59 Å². The first kappa shape index (κ1) is 23.1. The van der Waals surface area contributed by atoms with E-state index in [-0.39, 0.29) is 23.0 Å². The summed E-state index contributed by atoms with van der Waals surface area (Å²) in [5.74, 6) is 0.366. The molecule has 5 nitrogen and oxygen atoms in total. The topological polar surface area (TPSA) is 52.7 Å². The number of benzene rings is 2. The summed E-state index contributed by atoms with van der Waals surface area (Å²) in [7, 11) is 4.01. The lowest BCUT2D eigenvalue weighted by Gasteiger charge is -2.37. The molecular weight excluding hydrogens is 410 g/mol. The predicted molar refractivity (Wildman–Crippen MR) is 136 cm³/mol. The number of ketones is 1. The molecule has 0 fully saturated rings. The molecule has 4 rings (SSSR count). The highest BCUT2D eigenvalue weighted by Gasteiger charge is 2.43. The van der Waals surface area contributed by atoms with Gasteiger partial charge in [0.05, 0.1) is 17.4 Å². The zero-order valence-electron chi connectivity index (χ0n) is 20.6. The van der Waals surface area contributed by atoms with Gasteiger partial charge in [-0.25, -0.2) is 0 Å². The van der Waals surface area contributed by atoms with Crippen LogP contribution in [0.2, 0.25) is 0 Å². The Hall–Kier alpha value is -3.08.